The minimum Gasteiger partial charge on any atom is -0.309 e. The second-order valence-corrected chi connectivity index (χ2v) is 5.77. The molecule has 0 amide bonds. The third-order valence-electron chi connectivity index (χ3n) is 3.19. The van der Waals surface area contributed by atoms with Crippen LogP contribution < -0.4 is 5.32 Å². The first kappa shape index (κ1) is 12.8. The van der Waals surface area contributed by atoms with Gasteiger partial charge in [-0.3, -0.25) is 0 Å². The van der Waals surface area contributed by atoms with Gasteiger partial charge in [-0.15, -0.1) is 11.3 Å². The SMILES string of the molecule is CCNC(c1cnc(C(F)(F)F)s1)C1(C)CC1. The molecular formula is C11H15F3N2S. The molecule has 0 spiro atoms. The molecule has 1 aromatic heterocycles. The molecule has 17 heavy (non-hydrogen) atoms. The highest BCUT2D eigenvalue weighted by Gasteiger charge is 2.46. The maximum absolute atomic E-state index is 12.5. The fourth-order valence-electron chi connectivity index (χ4n) is 1.93. The van der Waals surface area contributed by atoms with Gasteiger partial charge < -0.3 is 5.32 Å². The van der Waals surface area contributed by atoms with E-state index in [-0.39, 0.29) is 11.5 Å². The minimum atomic E-state index is -4.33. The molecule has 0 aromatic carbocycles. The van der Waals surface area contributed by atoms with Crippen molar-refractivity contribution in [3.63, 3.8) is 0 Å². The summed E-state index contributed by atoms with van der Waals surface area (Å²) in [5, 5.41) is 2.52. The summed E-state index contributed by atoms with van der Waals surface area (Å²) in [6.45, 7) is 4.82. The van der Waals surface area contributed by atoms with E-state index in [4.69, 9.17) is 0 Å². The van der Waals surface area contributed by atoms with Crippen LogP contribution in [0.25, 0.3) is 0 Å². The Balaban J connectivity index is 2.22. The molecule has 2 nitrogen and oxygen atoms in total. The van der Waals surface area contributed by atoms with Gasteiger partial charge in [-0.25, -0.2) is 4.98 Å². The molecule has 96 valence electrons. The topological polar surface area (TPSA) is 24.9 Å². The predicted octanol–water partition coefficient (Wildman–Crippen LogP) is 3.61. The molecule has 1 aromatic rings. The Labute approximate surface area is 102 Å². The van der Waals surface area contributed by atoms with Gasteiger partial charge in [-0.1, -0.05) is 13.8 Å². The second kappa shape index (κ2) is 4.24. The number of alkyl halides is 3. The molecule has 0 aliphatic heterocycles. The molecule has 0 saturated heterocycles. The van der Waals surface area contributed by atoms with Crippen molar-refractivity contribution in [3.05, 3.63) is 16.1 Å². The summed E-state index contributed by atoms with van der Waals surface area (Å²) in [7, 11) is 0. The van der Waals surface area contributed by atoms with E-state index < -0.39 is 11.2 Å². The highest BCUT2D eigenvalue weighted by atomic mass is 32.1. The molecule has 1 aliphatic rings. The maximum Gasteiger partial charge on any atom is 0.443 e. The second-order valence-electron chi connectivity index (χ2n) is 4.71. The van der Waals surface area contributed by atoms with E-state index >= 15 is 0 Å². The first-order valence-electron chi connectivity index (χ1n) is 5.63. The molecular weight excluding hydrogens is 249 g/mol. The summed E-state index contributed by atoms with van der Waals surface area (Å²) in [5.41, 5.74) is 0.103. The van der Waals surface area contributed by atoms with Crippen molar-refractivity contribution in [3.8, 4) is 0 Å². The number of rotatable bonds is 4. The van der Waals surface area contributed by atoms with Crippen LogP contribution in [0.15, 0.2) is 6.20 Å². The third-order valence-corrected chi connectivity index (χ3v) is 4.30. The summed E-state index contributed by atoms with van der Waals surface area (Å²) in [6, 6.07) is 0.00102. The largest absolute Gasteiger partial charge is 0.443 e. The fourth-order valence-corrected chi connectivity index (χ4v) is 2.97. The van der Waals surface area contributed by atoms with Crippen LogP contribution in [0.4, 0.5) is 13.2 Å². The van der Waals surface area contributed by atoms with Crippen molar-refractivity contribution in [2.45, 2.75) is 38.9 Å². The zero-order valence-corrected chi connectivity index (χ0v) is 10.6. The predicted molar refractivity (Wildman–Crippen MR) is 60.9 cm³/mol. The van der Waals surface area contributed by atoms with Crippen molar-refractivity contribution >= 4 is 11.3 Å². The number of aromatic nitrogens is 1. The van der Waals surface area contributed by atoms with Crippen LogP contribution in [-0.2, 0) is 6.18 Å². The van der Waals surface area contributed by atoms with Gasteiger partial charge in [0.25, 0.3) is 0 Å². The Morgan fingerprint density at radius 3 is 2.59 bits per heavy atom. The van der Waals surface area contributed by atoms with Crippen LogP contribution in [0, 0.1) is 5.41 Å². The Hall–Kier alpha value is -0.620. The van der Waals surface area contributed by atoms with Crippen LogP contribution in [0.3, 0.4) is 0 Å². The fraction of sp³-hybridized carbons (Fsp3) is 0.727. The van der Waals surface area contributed by atoms with E-state index in [1.54, 1.807) is 0 Å². The van der Waals surface area contributed by atoms with Crippen LogP contribution in [0.2, 0.25) is 0 Å². The van der Waals surface area contributed by atoms with Gasteiger partial charge >= 0.3 is 6.18 Å². The summed E-state index contributed by atoms with van der Waals surface area (Å²) >= 11 is 0.756. The Morgan fingerprint density at radius 1 is 1.53 bits per heavy atom. The lowest BCUT2D eigenvalue weighted by atomic mass is 9.98. The number of nitrogens with one attached hydrogen (secondary N) is 1. The molecule has 2 rings (SSSR count). The lowest BCUT2D eigenvalue weighted by molar-refractivity contribution is -0.137. The Bertz CT molecular complexity index is 396. The normalized spacial score (nSPS) is 20.3. The summed E-state index contributed by atoms with van der Waals surface area (Å²) in [4.78, 5) is 4.18. The van der Waals surface area contributed by atoms with Gasteiger partial charge in [-0.2, -0.15) is 13.2 Å². The van der Waals surface area contributed by atoms with E-state index in [1.807, 2.05) is 6.92 Å². The molecule has 1 saturated carbocycles. The van der Waals surface area contributed by atoms with Gasteiger partial charge in [-0.05, 0) is 24.8 Å². The first-order chi connectivity index (χ1) is 7.87. The maximum atomic E-state index is 12.5. The summed E-state index contributed by atoms with van der Waals surface area (Å²) in [6.07, 6.45) is -0.845. The van der Waals surface area contributed by atoms with Crippen molar-refractivity contribution < 1.29 is 13.2 Å². The van der Waals surface area contributed by atoms with Gasteiger partial charge in [0.2, 0.25) is 0 Å². The average Bonchev–Trinajstić information content (AvgIpc) is 2.80. The first-order valence-corrected chi connectivity index (χ1v) is 6.45. The zero-order valence-electron chi connectivity index (χ0n) is 9.77. The van der Waals surface area contributed by atoms with E-state index in [2.05, 4.69) is 17.2 Å². The Kier molecular flexibility index (Phi) is 3.20. The Morgan fingerprint density at radius 2 is 2.18 bits per heavy atom. The number of nitrogens with zero attached hydrogens (tertiary/aromatic N) is 1. The molecule has 1 N–H and O–H groups in total. The number of hydrogen-bond acceptors (Lipinski definition) is 3. The molecule has 1 heterocycles. The monoisotopic (exact) mass is 264 g/mol. The van der Waals surface area contributed by atoms with Crippen LogP contribution in [0.5, 0.6) is 0 Å². The summed E-state index contributed by atoms with van der Waals surface area (Å²) in [5.74, 6) is 0. The molecule has 0 bridgehead atoms. The molecule has 6 heteroatoms. The van der Waals surface area contributed by atoms with Crippen molar-refractivity contribution in [1.82, 2.24) is 10.3 Å². The quantitative estimate of drug-likeness (QED) is 0.898. The van der Waals surface area contributed by atoms with Gasteiger partial charge in [0.05, 0.1) is 0 Å². The van der Waals surface area contributed by atoms with Gasteiger partial charge in [0.15, 0.2) is 5.01 Å². The standard InChI is InChI=1S/C11H15F3N2S/c1-3-15-8(10(2)4-5-10)7-6-16-9(17-7)11(12,13)14/h6,8,15H,3-5H2,1-2H3. The molecule has 1 fully saturated rings. The number of hydrogen-bond donors (Lipinski definition) is 1. The molecule has 1 unspecified atom stereocenters. The third kappa shape index (κ3) is 2.63. The van der Waals surface area contributed by atoms with Gasteiger partial charge in [0.1, 0.15) is 0 Å². The van der Waals surface area contributed by atoms with E-state index in [9.17, 15) is 13.2 Å². The number of thiazole rings is 1. The van der Waals surface area contributed by atoms with Crippen LogP contribution >= 0.6 is 11.3 Å². The van der Waals surface area contributed by atoms with Crippen LogP contribution in [0.1, 0.15) is 42.6 Å². The molecule has 1 atom stereocenters. The smallest absolute Gasteiger partial charge is 0.309 e. The molecule has 1 aliphatic carbocycles. The van der Waals surface area contributed by atoms with E-state index in [0.29, 0.717) is 4.88 Å². The highest BCUT2D eigenvalue weighted by Crippen LogP contribution is 2.55. The van der Waals surface area contributed by atoms with Crippen molar-refractivity contribution in [1.29, 1.82) is 0 Å². The lowest BCUT2D eigenvalue weighted by Gasteiger charge is -2.22. The van der Waals surface area contributed by atoms with E-state index in [1.165, 1.54) is 6.20 Å². The van der Waals surface area contributed by atoms with Crippen LogP contribution in [-0.4, -0.2) is 11.5 Å². The van der Waals surface area contributed by atoms with Crippen molar-refractivity contribution in [2.24, 2.45) is 5.41 Å². The minimum absolute atomic E-state index is 0.00102. The average molecular weight is 264 g/mol. The molecule has 0 radical (unpaired) electrons. The van der Waals surface area contributed by atoms with E-state index in [0.717, 1.165) is 30.7 Å². The highest BCUT2D eigenvalue weighted by molar-refractivity contribution is 7.11. The van der Waals surface area contributed by atoms with Crippen molar-refractivity contribution in [2.75, 3.05) is 6.54 Å². The lowest BCUT2D eigenvalue weighted by Crippen LogP contribution is -2.27. The van der Waals surface area contributed by atoms with Gasteiger partial charge in [0, 0.05) is 17.1 Å². The number of halogens is 3. The zero-order chi connectivity index (χ0) is 12.7. The summed E-state index contributed by atoms with van der Waals surface area (Å²) < 4.78 is 37.5.